The van der Waals surface area contributed by atoms with Gasteiger partial charge in [0.25, 0.3) is 10.2 Å². The van der Waals surface area contributed by atoms with Crippen LogP contribution in [0.3, 0.4) is 0 Å². The van der Waals surface area contributed by atoms with Crippen LogP contribution in [0.5, 0.6) is 0 Å². The maximum atomic E-state index is 12.5. The minimum absolute atomic E-state index is 0.346. The summed E-state index contributed by atoms with van der Waals surface area (Å²) in [5.74, 6) is 0.346. The van der Waals surface area contributed by atoms with Gasteiger partial charge in [-0.05, 0) is 30.7 Å². The first-order valence-corrected chi connectivity index (χ1v) is 8.38. The molecule has 2 fully saturated rings. The normalized spacial score (nSPS) is 26.0. The zero-order valence-electron chi connectivity index (χ0n) is 11.0. The summed E-state index contributed by atoms with van der Waals surface area (Å²) in [5, 5.41) is 0. The van der Waals surface area contributed by atoms with Gasteiger partial charge < -0.3 is 0 Å². The summed E-state index contributed by atoms with van der Waals surface area (Å²) in [5.41, 5.74) is 1.25. The van der Waals surface area contributed by atoms with Gasteiger partial charge >= 0.3 is 0 Å². The number of benzene rings is 1. The van der Waals surface area contributed by atoms with Crippen molar-refractivity contribution in [3.8, 4) is 0 Å². The molecule has 2 heterocycles. The topological polar surface area (TPSA) is 40.6 Å². The summed E-state index contributed by atoms with van der Waals surface area (Å²) in [6, 6.07) is 10.2. The van der Waals surface area contributed by atoms with E-state index in [-0.39, 0.29) is 0 Å². The molecule has 3 rings (SSSR count). The van der Waals surface area contributed by atoms with Gasteiger partial charge in [-0.15, -0.1) is 0 Å². The molecule has 1 unspecified atom stereocenters. The average Bonchev–Trinajstić information content (AvgIpc) is 3.12. The van der Waals surface area contributed by atoms with Gasteiger partial charge in [0.15, 0.2) is 0 Å². The molecule has 0 aromatic heterocycles. The van der Waals surface area contributed by atoms with E-state index in [2.05, 4.69) is 12.1 Å². The first-order valence-electron chi connectivity index (χ1n) is 6.98. The lowest BCUT2D eigenvalue weighted by Crippen LogP contribution is -2.41. The molecule has 0 spiro atoms. The third-order valence-corrected chi connectivity index (χ3v) is 6.14. The van der Waals surface area contributed by atoms with E-state index in [0.717, 1.165) is 19.3 Å². The lowest BCUT2D eigenvalue weighted by Gasteiger charge is -2.23. The third kappa shape index (κ3) is 2.55. The minimum atomic E-state index is -3.21. The van der Waals surface area contributed by atoms with Crippen LogP contribution in [-0.4, -0.2) is 43.2 Å². The highest BCUT2D eigenvalue weighted by Gasteiger charge is 2.36. The third-order valence-electron chi connectivity index (χ3n) is 4.14. The summed E-state index contributed by atoms with van der Waals surface area (Å²) < 4.78 is 28.2. The second-order valence-corrected chi connectivity index (χ2v) is 7.30. The highest BCUT2D eigenvalue weighted by molar-refractivity contribution is 7.86. The van der Waals surface area contributed by atoms with Crippen LogP contribution in [0.25, 0.3) is 0 Å². The van der Waals surface area contributed by atoms with Crippen molar-refractivity contribution < 1.29 is 8.42 Å². The molecule has 1 aromatic carbocycles. The van der Waals surface area contributed by atoms with Gasteiger partial charge in [-0.25, -0.2) is 0 Å². The summed E-state index contributed by atoms with van der Waals surface area (Å²) in [4.78, 5) is 0. The van der Waals surface area contributed by atoms with Crippen molar-refractivity contribution in [2.75, 3.05) is 26.2 Å². The van der Waals surface area contributed by atoms with Crippen LogP contribution in [0.4, 0.5) is 0 Å². The molecule has 2 saturated heterocycles. The quantitative estimate of drug-likeness (QED) is 0.847. The molecule has 104 valence electrons. The van der Waals surface area contributed by atoms with Gasteiger partial charge in [0.2, 0.25) is 0 Å². The van der Waals surface area contributed by atoms with Crippen molar-refractivity contribution >= 4 is 10.2 Å². The molecule has 4 nitrogen and oxygen atoms in total. The number of nitrogens with zero attached hydrogens (tertiary/aromatic N) is 2. The highest BCUT2D eigenvalue weighted by atomic mass is 32.2. The maximum absolute atomic E-state index is 12.5. The second-order valence-electron chi connectivity index (χ2n) is 5.37. The Balaban J connectivity index is 1.72. The fourth-order valence-electron chi connectivity index (χ4n) is 3.02. The SMILES string of the molecule is O=S(=O)(N1CCCC1)N1CCC(c2ccccc2)C1. The van der Waals surface area contributed by atoms with Crippen molar-refractivity contribution in [2.45, 2.75) is 25.2 Å². The summed E-state index contributed by atoms with van der Waals surface area (Å²) >= 11 is 0. The number of hydrogen-bond donors (Lipinski definition) is 0. The van der Waals surface area contributed by atoms with Crippen molar-refractivity contribution in [3.63, 3.8) is 0 Å². The van der Waals surface area contributed by atoms with E-state index in [9.17, 15) is 8.42 Å². The summed E-state index contributed by atoms with van der Waals surface area (Å²) in [7, 11) is -3.21. The smallest absolute Gasteiger partial charge is 0.195 e. The van der Waals surface area contributed by atoms with Gasteiger partial charge in [0.05, 0.1) is 0 Å². The van der Waals surface area contributed by atoms with E-state index >= 15 is 0 Å². The zero-order valence-corrected chi connectivity index (χ0v) is 11.8. The zero-order chi connectivity index (χ0) is 13.3. The average molecular weight is 280 g/mol. The highest BCUT2D eigenvalue weighted by Crippen LogP contribution is 2.30. The van der Waals surface area contributed by atoms with Crippen molar-refractivity contribution in [3.05, 3.63) is 35.9 Å². The van der Waals surface area contributed by atoms with E-state index in [1.54, 1.807) is 8.61 Å². The Labute approximate surface area is 115 Å². The number of hydrogen-bond acceptors (Lipinski definition) is 2. The van der Waals surface area contributed by atoms with Crippen LogP contribution in [-0.2, 0) is 10.2 Å². The Bertz CT molecular complexity index is 524. The Kier molecular flexibility index (Phi) is 3.60. The Morgan fingerprint density at radius 3 is 2.32 bits per heavy atom. The Hall–Kier alpha value is -0.910. The largest absolute Gasteiger partial charge is 0.281 e. The van der Waals surface area contributed by atoms with Crippen LogP contribution in [0.2, 0.25) is 0 Å². The Morgan fingerprint density at radius 2 is 1.63 bits per heavy atom. The molecule has 5 heteroatoms. The van der Waals surface area contributed by atoms with E-state index in [0.29, 0.717) is 32.1 Å². The molecule has 0 N–H and O–H groups in total. The molecular formula is C14H20N2O2S. The molecule has 0 radical (unpaired) electrons. The van der Waals surface area contributed by atoms with Gasteiger partial charge in [0, 0.05) is 26.2 Å². The van der Waals surface area contributed by atoms with E-state index < -0.39 is 10.2 Å². The molecule has 2 aliphatic rings. The standard InChI is InChI=1S/C14H20N2O2S/c17-19(18,15-9-4-5-10-15)16-11-8-14(12-16)13-6-2-1-3-7-13/h1-3,6-7,14H,4-5,8-12H2. The van der Waals surface area contributed by atoms with Gasteiger partial charge in [0.1, 0.15) is 0 Å². The summed E-state index contributed by atoms with van der Waals surface area (Å²) in [6.07, 6.45) is 2.92. The molecule has 1 aromatic rings. The molecular weight excluding hydrogens is 260 g/mol. The molecule has 19 heavy (non-hydrogen) atoms. The molecule has 0 amide bonds. The van der Waals surface area contributed by atoms with Crippen LogP contribution in [0.15, 0.2) is 30.3 Å². The minimum Gasteiger partial charge on any atom is -0.195 e. The predicted octanol–water partition coefficient (Wildman–Crippen LogP) is 1.82. The van der Waals surface area contributed by atoms with Crippen LogP contribution < -0.4 is 0 Å². The van der Waals surface area contributed by atoms with Crippen LogP contribution >= 0.6 is 0 Å². The molecule has 0 aliphatic carbocycles. The first-order chi connectivity index (χ1) is 9.18. The van der Waals surface area contributed by atoms with Crippen LogP contribution in [0.1, 0.15) is 30.7 Å². The van der Waals surface area contributed by atoms with Crippen molar-refractivity contribution in [1.82, 2.24) is 8.61 Å². The lowest BCUT2D eigenvalue weighted by molar-refractivity contribution is 0.395. The lowest BCUT2D eigenvalue weighted by atomic mass is 9.99. The Morgan fingerprint density at radius 1 is 0.947 bits per heavy atom. The molecule has 0 saturated carbocycles. The van der Waals surface area contributed by atoms with Crippen LogP contribution in [0, 0.1) is 0 Å². The maximum Gasteiger partial charge on any atom is 0.281 e. The van der Waals surface area contributed by atoms with Crippen molar-refractivity contribution in [1.29, 1.82) is 0 Å². The number of rotatable bonds is 3. The molecule has 0 bridgehead atoms. The second kappa shape index (κ2) is 5.23. The van der Waals surface area contributed by atoms with Gasteiger partial charge in [-0.3, -0.25) is 0 Å². The summed E-state index contributed by atoms with van der Waals surface area (Å²) in [6.45, 7) is 2.66. The molecule has 1 atom stereocenters. The van der Waals surface area contributed by atoms with E-state index in [1.807, 2.05) is 18.2 Å². The van der Waals surface area contributed by atoms with E-state index in [4.69, 9.17) is 0 Å². The monoisotopic (exact) mass is 280 g/mol. The van der Waals surface area contributed by atoms with E-state index in [1.165, 1.54) is 5.56 Å². The predicted molar refractivity (Wildman–Crippen MR) is 75.1 cm³/mol. The first kappa shape index (κ1) is 13.1. The van der Waals surface area contributed by atoms with Gasteiger partial charge in [-0.2, -0.15) is 17.0 Å². The molecule has 2 aliphatic heterocycles. The van der Waals surface area contributed by atoms with Crippen molar-refractivity contribution in [2.24, 2.45) is 0 Å². The fourth-order valence-corrected chi connectivity index (χ4v) is 4.77. The fraction of sp³-hybridized carbons (Fsp3) is 0.571. The van der Waals surface area contributed by atoms with Gasteiger partial charge in [-0.1, -0.05) is 30.3 Å².